The number of aliphatic hydroxyl groups excluding tert-OH is 1. The molecule has 2 bridgehead atoms. The lowest BCUT2D eigenvalue weighted by Gasteiger charge is -2.36. The molecule has 3 aliphatic rings. The summed E-state index contributed by atoms with van der Waals surface area (Å²) < 4.78 is 0. The Balaban J connectivity index is 1.55. The van der Waals surface area contributed by atoms with Crippen LogP contribution in [0.15, 0.2) is 24.3 Å². The summed E-state index contributed by atoms with van der Waals surface area (Å²) in [5.41, 5.74) is 2.18. The maximum atomic E-state index is 12.6. The van der Waals surface area contributed by atoms with Crippen LogP contribution in [0.25, 0.3) is 0 Å². The summed E-state index contributed by atoms with van der Waals surface area (Å²) >= 11 is 0. The molecule has 4 rings (SSSR count). The quantitative estimate of drug-likeness (QED) is 0.869. The predicted molar refractivity (Wildman–Crippen MR) is 99.5 cm³/mol. The Hall–Kier alpha value is -1.43. The van der Waals surface area contributed by atoms with Crippen LogP contribution in [0.2, 0.25) is 0 Å². The van der Waals surface area contributed by atoms with Gasteiger partial charge in [-0.3, -0.25) is 14.6 Å². The van der Waals surface area contributed by atoms with Gasteiger partial charge in [0.2, 0.25) is 5.91 Å². The number of carbonyl (C=O) groups is 1. The minimum atomic E-state index is -0.670. The number of hydrogen-bond acceptors (Lipinski definition) is 4. The van der Waals surface area contributed by atoms with Gasteiger partial charge in [-0.2, -0.15) is 0 Å². The highest BCUT2D eigenvalue weighted by atomic mass is 16.3. The Morgan fingerprint density at radius 2 is 1.92 bits per heavy atom. The van der Waals surface area contributed by atoms with E-state index in [2.05, 4.69) is 48.0 Å². The molecule has 0 aromatic heterocycles. The molecule has 3 heterocycles. The Kier molecular flexibility index (Phi) is 5.46. The van der Waals surface area contributed by atoms with Gasteiger partial charge in [0, 0.05) is 32.7 Å². The molecule has 1 aromatic carbocycles. The Bertz CT molecular complexity index is 590. The van der Waals surface area contributed by atoms with Gasteiger partial charge < -0.3 is 10.4 Å². The first-order valence-electron chi connectivity index (χ1n) is 9.37. The van der Waals surface area contributed by atoms with E-state index < -0.39 is 6.10 Å². The molecular weight excluding hydrogens is 314 g/mol. The highest BCUT2D eigenvalue weighted by Crippen LogP contribution is 2.24. The van der Waals surface area contributed by atoms with E-state index in [1.165, 1.54) is 5.56 Å². The minimum Gasteiger partial charge on any atom is -0.387 e. The SMILES string of the molecule is CC(C)(C)c1ccc([C@@H](O)CNC(=O)[C@H]2CN3CCCN2CC3)cc1. The van der Waals surface area contributed by atoms with Crippen LogP contribution in [-0.2, 0) is 10.2 Å². The molecule has 25 heavy (non-hydrogen) atoms. The van der Waals surface area contributed by atoms with Crippen molar-refractivity contribution in [2.75, 3.05) is 39.3 Å². The van der Waals surface area contributed by atoms with Gasteiger partial charge in [-0.1, -0.05) is 45.0 Å². The number of benzene rings is 1. The molecule has 0 aliphatic carbocycles. The fourth-order valence-electron chi connectivity index (χ4n) is 3.73. The lowest BCUT2D eigenvalue weighted by Crippen LogP contribution is -2.57. The first kappa shape index (κ1) is 18.4. The van der Waals surface area contributed by atoms with Crippen molar-refractivity contribution in [3.8, 4) is 0 Å². The first-order chi connectivity index (χ1) is 11.8. The number of nitrogens with one attached hydrogen (secondary N) is 1. The van der Waals surface area contributed by atoms with Crippen molar-refractivity contribution >= 4 is 5.91 Å². The number of nitrogens with zero attached hydrogens (tertiary/aromatic N) is 2. The molecule has 0 spiro atoms. The van der Waals surface area contributed by atoms with Crippen molar-refractivity contribution < 1.29 is 9.90 Å². The van der Waals surface area contributed by atoms with E-state index in [-0.39, 0.29) is 23.9 Å². The number of hydrogen-bond donors (Lipinski definition) is 2. The van der Waals surface area contributed by atoms with Gasteiger partial charge in [0.25, 0.3) is 0 Å². The molecule has 2 N–H and O–H groups in total. The molecule has 3 saturated heterocycles. The van der Waals surface area contributed by atoms with Gasteiger partial charge in [-0.05, 0) is 29.5 Å². The first-order valence-corrected chi connectivity index (χ1v) is 9.37. The maximum Gasteiger partial charge on any atom is 0.238 e. The summed E-state index contributed by atoms with van der Waals surface area (Å²) in [5, 5.41) is 13.4. The molecule has 4 atom stereocenters. The molecule has 3 fully saturated rings. The lowest BCUT2D eigenvalue weighted by atomic mass is 9.86. The molecule has 1 aromatic rings. The van der Waals surface area contributed by atoms with Crippen molar-refractivity contribution in [2.24, 2.45) is 0 Å². The van der Waals surface area contributed by atoms with Crippen LogP contribution in [0.3, 0.4) is 0 Å². The van der Waals surface area contributed by atoms with Gasteiger partial charge in [0.15, 0.2) is 0 Å². The minimum absolute atomic E-state index is 0.0389. The second-order valence-corrected chi connectivity index (χ2v) is 8.34. The van der Waals surface area contributed by atoms with Crippen molar-refractivity contribution in [2.45, 2.75) is 44.8 Å². The lowest BCUT2D eigenvalue weighted by molar-refractivity contribution is -0.128. The Labute approximate surface area is 151 Å². The average Bonchev–Trinajstić information content (AvgIpc) is 2.94. The largest absolute Gasteiger partial charge is 0.387 e. The van der Waals surface area contributed by atoms with Crippen LogP contribution in [0.1, 0.15) is 44.4 Å². The zero-order valence-corrected chi connectivity index (χ0v) is 15.7. The highest BCUT2D eigenvalue weighted by molar-refractivity contribution is 5.82. The topological polar surface area (TPSA) is 55.8 Å². The predicted octanol–water partition coefficient (Wildman–Crippen LogP) is 1.52. The number of fused-ring (bicyclic) bond motifs is 4. The summed E-state index contributed by atoms with van der Waals surface area (Å²) in [4.78, 5) is 17.2. The Morgan fingerprint density at radius 3 is 2.60 bits per heavy atom. The molecule has 138 valence electrons. The van der Waals surface area contributed by atoms with Crippen LogP contribution < -0.4 is 5.32 Å². The molecule has 0 saturated carbocycles. The van der Waals surface area contributed by atoms with E-state index in [4.69, 9.17) is 0 Å². The molecule has 5 heteroatoms. The number of piperazine rings is 1. The molecule has 1 amide bonds. The zero-order valence-electron chi connectivity index (χ0n) is 15.7. The number of rotatable bonds is 4. The molecule has 0 radical (unpaired) electrons. The highest BCUT2D eigenvalue weighted by Gasteiger charge is 2.34. The summed E-state index contributed by atoms with van der Waals surface area (Å²) in [7, 11) is 0. The van der Waals surface area contributed by atoms with Gasteiger partial charge in [0.1, 0.15) is 6.04 Å². The monoisotopic (exact) mass is 345 g/mol. The van der Waals surface area contributed by atoms with Gasteiger partial charge >= 0.3 is 0 Å². The number of aliphatic hydroxyl groups is 1. The van der Waals surface area contributed by atoms with Crippen molar-refractivity contribution in [3.63, 3.8) is 0 Å². The summed E-state index contributed by atoms with van der Waals surface area (Å²) in [6, 6.07) is 7.96. The molecular formula is C20H31N3O2. The third-order valence-corrected chi connectivity index (χ3v) is 5.43. The van der Waals surface area contributed by atoms with Crippen molar-refractivity contribution in [1.29, 1.82) is 0 Å². The van der Waals surface area contributed by atoms with Crippen LogP contribution in [-0.4, -0.2) is 66.1 Å². The van der Waals surface area contributed by atoms with Gasteiger partial charge in [-0.25, -0.2) is 0 Å². The number of carbonyl (C=O) groups excluding carboxylic acids is 1. The van der Waals surface area contributed by atoms with Gasteiger partial charge in [-0.15, -0.1) is 0 Å². The van der Waals surface area contributed by atoms with Crippen LogP contribution in [0, 0.1) is 0 Å². The fourth-order valence-corrected chi connectivity index (χ4v) is 3.73. The van der Waals surface area contributed by atoms with E-state index in [0.717, 1.165) is 44.7 Å². The second kappa shape index (κ2) is 7.44. The third kappa shape index (κ3) is 4.40. The number of amides is 1. The van der Waals surface area contributed by atoms with Crippen molar-refractivity contribution in [1.82, 2.24) is 15.1 Å². The van der Waals surface area contributed by atoms with Crippen LogP contribution >= 0.6 is 0 Å². The van der Waals surface area contributed by atoms with E-state index in [1.807, 2.05) is 12.1 Å². The summed E-state index contributed by atoms with van der Waals surface area (Å²) in [6.07, 6.45) is 0.461. The summed E-state index contributed by atoms with van der Waals surface area (Å²) in [6.45, 7) is 11.7. The van der Waals surface area contributed by atoms with E-state index in [0.29, 0.717) is 0 Å². The normalized spacial score (nSPS) is 27.6. The zero-order chi connectivity index (χ0) is 18.0. The maximum absolute atomic E-state index is 12.6. The smallest absolute Gasteiger partial charge is 0.238 e. The average molecular weight is 345 g/mol. The van der Waals surface area contributed by atoms with Crippen molar-refractivity contribution in [3.05, 3.63) is 35.4 Å². The molecule has 5 nitrogen and oxygen atoms in total. The standard InChI is InChI=1S/C20H31N3O2/c1-20(2,3)16-7-5-15(6-8-16)18(24)13-21-19(25)17-14-22-9-4-10-23(17)12-11-22/h5-8,17-18,24H,4,9-14H2,1-3H3,(H,21,25)/t17-,18+/m1/s1. The summed E-state index contributed by atoms with van der Waals surface area (Å²) in [5.74, 6) is 0.0389. The second-order valence-electron chi connectivity index (χ2n) is 8.34. The van der Waals surface area contributed by atoms with E-state index in [1.54, 1.807) is 0 Å². The van der Waals surface area contributed by atoms with Crippen LogP contribution in [0.5, 0.6) is 0 Å². The van der Waals surface area contributed by atoms with Crippen LogP contribution in [0.4, 0.5) is 0 Å². The Morgan fingerprint density at radius 1 is 1.20 bits per heavy atom. The third-order valence-electron chi connectivity index (χ3n) is 5.43. The molecule has 3 aliphatic heterocycles. The van der Waals surface area contributed by atoms with E-state index >= 15 is 0 Å². The fraction of sp³-hybridized carbons (Fsp3) is 0.650. The van der Waals surface area contributed by atoms with Gasteiger partial charge in [0.05, 0.1) is 6.10 Å². The molecule has 2 unspecified atom stereocenters. The van der Waals surface area contributed by atoms with E-state index in [9.17, 15) is 9.90 Å².